The standard InChI is InChI=1S/C15H19F3N2O3/c16-15(17,18)23-13-5-1-4-12(9-13)20-14(21)19-7-2-3-11-6-8-22-10-11/h1,4-5,9,11H,2-3,6-8,10H2,(H2,19,20,21)/t11-/m0/s1. The highest BCUT2D eigenvalue weighted by Crippen LogP contribution is 2.25. The molecule has 1 fully saturated rings. The van der Waals surface area contributed by atoms with Gasteiger partial charge in [-0.05, 0) is 37.3 Å². The van der Waals surface area contributed by atoms with Crippen LogP contribution in [0, 0.1) is 5.92 Å². The van der Waals surface area contributed by atoms with Gasteiger partial charge in [0, 0.05) is 31.5 Å². The first-order valence-corrected chi connectivity index (χ1v) is 7.41. The molecular weight excluding hydrogens is 313 g/mol. The van der Waals surface area contributed by atoms with E-state index in [0.29, 0.717) is 12.5 Å². The van der Waals surface area contributed by atoms with Crippen LogP contribution in [0.1, 0.15) is 19.3 Å². The normalized spacial score (nSPS) is 17.8. The van der Waals surface area contributed by atoms with Gasteiger partial charge in [-0.15, -0.1) is 13.2 Å². The molecule has 1 saturated heterocycles. The fourth-order valence-electron chi connectivity index (χ4n) is 2.35. The van der Waals surface area contributed by atoms with Gasteiger partial charge < -0.3 is 20.1 Å². The van der Waals surface area contributed by atoms with E-state index in [2.05, 4.69) is 15.4 Å². The smallest absolute Gasteiger partial charge is 0.406 e. The van der Waals surface area contributed by atoms with Crippen molar-refractivity contribution >= 4 is 11.7 Å². The Morgan fingerprint density at radius 1 is 1.39 bits per heavy atom. The largest absolute Gasteiger partial charge is 0.573 e. The minimum atomic E-state index is -4.76. The minimum Gasteiger partial charge on any atom is -0.406 e. The van der Waals surface area contributed by atoms with Crippen molar-refractivity contribution in [3.05, 3.63) is 24.3 Å². The molecule has 1 heterocycles. The summed E-state index contributed by atoms with van der Waals surface area (Å²) in [6, 6.07) is 4.68. The summed E-state index contributed by atoms with van der Waals surface area (Å²) in [7, 11) is 0. The van der Waals surface area contributed by atoms with Crippen LogP contribution >= 0.6 is 0 Å². The maximum Gasteiger partial charge on any atom is 0.573 e. The zero-order chi connectivity index (χ0) is 16.7. The number of urea groups is 1. The van der Waals surface area contributed by atoms with Crippen molar-refractivity contribution in [1.29, 1.82) is 0 Å². The predicted octanol–water partition coefficient (Wildman–Crippen LogP) is 3.52. The topological polar surface area (TPSA) is 59.6 Å². The van der Waals surface area contributed by atoms with Gasteiger partial charge in [-0.25, -0.2) is 4.79 Å². The monoisotopic (exact) mass is 332 g/mol. The molecular formula is C15H19F3N2O3. The fraction of sp³-hybridized carbons (Fsp3) is 0.533. The lowest BCUT2D eigenvalue weighted by molar-refractivity contribution is -0.274. The second kappa shape index (κ2) is 8.05. The molecule has 1 aliphatic heterocycles. The summed E-state index contributed by atoms with van der Waals surface area (Å²) in [6.45, 7) is 2.08. The van der Waals surface area contributed by atoms with Crippen LogP contribution in [0.4, 0.5) is 23.7 Å². The quantitative estimate of drug-likeness (QED) is 0.784. The summed E-state index contributed by atoms with van der Waals surface area (Å²) >= 11 is 0. The number of halogens is 3. The number of alkyl halides is 3. The molecule has 128 valence electrons. The second-order valence-electron chi connectivity index (χ2n) is 5.33. The van der Waals surface area contributed by atoms with E-state index in [9.17, 15) is 18.0 Å². The minimum absolute atomic E-state index is 0.230. The Bertz CT molecular complexity index is 517. The van der Waals surface area contributed by atoms with Crippen molar-refractivity contribution in [3.63, 3.8) is 0 Å². The molecule has 1 aromatic carbocycles. The molecule has 0 radical (unpaired) electrons. The van der Waals surface area contributed by atoms with Gasteiger partial charge in [-0.3, -0.25) is 0 Å². The molecule has 8 heteroatoms. The highest BCUT2D eigenvalue weighted by Gasteiger charge is 2.31. The molecule has 1 atom stereocenters. The molecule has 1 aliphatic rings. The third kappa shape index (κ3) is 6.77. The van der Waals surface area contributed by atoms with Gasteiger partial charge in [0.1, 0.15) is 5.75 Å². The van der Waals surface area contributed by atoms with Gasteiger partial charge in [0.25, 0.3) is 0 Å². The van der Waals surface area contributed by atoms with Crippen LogP contribution < -0.4 is 15.4 Å². The molecule has 0 aromatic heterocycles. The number of hydrogen-bond donors (Lipinski definition) is 2. The number of rotatable bonds is 6. The molecule has 0 saturated carbocycles. The predicted molar refractivity (Wildman–Crippen MR) is 78.3 cm³/mol. The van der Waals surface area contributed by atoms with Crippen LogP contribution in [0.2, 0.25) is 0 Å². The Morgan fingerprint density at radius 3 is 2.91 bits per heavy atom. The number of benzene rings is 1. The van der Waals surface area contributed by atoms with Gasteiger partial charge in [0.15, 0.2) is 0 Å². The van der Waals surface area contributed by atoms with E-state index < -0.39 is 12.4 Å². The summed E-state index contributed by atoms with van der Waals surface area (Å²) in [5.41, 5.74) is 0.230. The summed E-state index contributed by atoms with van der Waals surface area (Å²) < 4.78 is 45.5. The zero-order valence-corrected chi connectivity index (χ0v) is 12.5. The molecule has 1 aromatic rings. The van der Waals surface area contributed by atoms with Crippen LogP contribution in [-0.4, -0.2) is 32.2 Å². The number of amides is 2. The number of carbonyl (C=O) groups is 1. The van der Waals surface area contributed by atoms with E-state index in [1.807, 2.05) is 0 Å². The lowest BCUT2D eigenvalue weighted by Crippen LogP contribution is -2.29. The molecule has 0 bridgehead atoms. The Hall–Kier alpha value is -1.96. The van der Waals surface area contributed by atoms with Crippen molar-refractivity contribution in [1.82, 2.24) is 5.32 Å². The average molecular weight is 332 g/mol. The summed E-state index contributed by atoms with van der Waals surface area (Å²) in [6.07, 6.45) is -1.89. The van der Waals surface area contributed by atoms with Gasteiger partial charge >= 0.3 is 12.4 Å². The van der Waals surface area contributed by atoms with Crippen LogP contribution in [-0.2, 0) is 4.74 Å². The van der Waals surface area contributed by atoms with Gasteiger partial charge in [0.2, 0.25) is 0 Å². The molecule has 0 unspecified atom stereocenters. The molecule has 2 N–H and O–H groups in total. The number of hydrogen-bond acceptors (Lipinski definition) is 3. The third-order valence-corrected chi connectivity index (χ3v) is 3.42. The van der Waals surface area contributed by atoms with E-state index in [4.69, 9.17) is 4.74 Å². The highest BCUT2D eigenvalue weighted by atomic mass is 19.4. The molecule has 5 nitrogen and oxygen atoms in total. The summed E-state index contributed by atoms with van der Waals surface area (Å²) in [5, 5.41) is 5.14. The lowest BCUT2D eigenvalue weighted by atomic mass is 10.0. The lowest BCUT2D eigenvalue weighted by Gasteiger charge is -2.12. The van der Waals surface area contributed by atoms with E-state index in [0.717, 1.165) is 38.5 Å². The van der Waals surface area contributed by atoms with Crippen molar-refractivity contribution in [2.45, 2.75) is 25.6 Å². The van der Waals surface area contributed by atoms with Gasteiger partial charge in [-0.2, -0.15) is 0 Å². The van der Waals surface area contributed by atoms with E-state index in [1.165, 1.54) is 18.2 Å². The number of ether oxygens (including phenoxy) is 2. The number of anilines is 1. The van der Waals surface area contributed by atoms with Crippen molar-refractivity contribution in [2.24, 2.45) is 5.92 Å². The van der Waals surface area contributed by atoms with Crippen LogP contribution in [0.5, 0.6) is 5.75 Å². The van der Waals surface area contributed by atoms with Crippen LogP contribution in [0.25, 0.3) is 0 Å². The molecule has 0 spiro atoms. The maximum absolute atomic E-state index is 12.1. The first-order valence-electron chi connectivity index (χ1n) is 7.41. The SMILES string of the molecule is O=C(NCCC[C@H]1CCOC1)Nc1cccc(OC(F)(F)F)c1. The Labute approximate surface area is 132 Å². The molecule has 2 rings (SSSR count). The van der Waals surface area contributed by atoms with Crippen LogP contribution in [0.3, 0.4) is 0 Å². The van der Waals surface area contributed by atoms with Crippen molar-refractivity contribution in [3.8, 4) is 5.75 Å². The summed E-state index contributed by atoms with van der Waals surface area (Å²) in [5.74, 6) is 0.174. The second-order valence-corrected chi connectivity index (χ2v) is 5.33. The Kier molecular flexibility index (Phi) is 6.09. The van der Waals surface area contributed by atoms with E-state index in [1.54, 1.807) is 0 Å². The zero-order valence-electron chi connectivity index (χ0n) is 12.5. The van der Waals surface area contributed by atoms with E-state index in [-0.39, 0.29) is 11.4 Å². The maximum atomic E-state index is 12.1. The fourth-order valence-corrected chi connectivity index (χ4v) is 2.35. The van der Waals surface area contributed by atoms with Gasteiger partial charge in [-0.1, -0.05) is 6.07 Å². The van der Waals surface area contributed by atoms with Crippen molar-refractivity contribution in [2.75, 3.05) is 25.1 Å². The average Bonchev–Trinajstić information content (AvgIpc) is 2.95. The highest BCUT2D eigenvalue weighted by molar-refractivity contribution is 5.89. The first kappa shape index (κ1) is 17.4. The Morgan fingerprint density at radius 2 is 2.22 bits per heavy atom. The Balaban J connectivity index is 1.70. The molecule has 2 amide bonds. The van der Waals surface area contributed by atoms with E-state index >= 15 is 0 Å². The van der Waals surface area contributed by atoms with Crippen molar-refractivity contribution < 1.29 is 27.4 Å². The first-order chi connectivity index (χ1) is 10.9. The molecule has 0 aliphatic carbocycles. The molecule has 23 heavy (non-hydrogen) atoms. The summed E-state index contributed by atoms with van der Waals surface area (Å²) in [4.78, 5) is 11.7. The van der Waals surface area contributed by atoms with Gasteiger partial charge in [0.05, 0.1) is 0 Å². The third-order valence-electron chi connectivity index (χ3n) is 3.42. The van der Waals surface area contributed by atoms with Crippen LogP contribution in [0.15, 0.2) is 24.3 Å². The number of nitrogens with one attached hydrogen (secondary N) is 2. The number of carbonyl (C=O) groups excluding carboxylic acids is 1.